The van der Waals surface area contributed by atoms with Gasteiger partial charge in [0.2, 0.25) is 5.91 Å². The summed E-state index contributed by atoms with van der Waals surface area (Å²) in [6, 6.07) is 7.52. The maximum atomic E-state index is 12.5. The van der Waals surface area contributed by atoms with E-state index in [2.05, 4.69) is 18.7 Å². The number of anilines is 1. The molecule has 1 aromatic carbocycles. The van der Waals surface area contributed by atoms with Crippen LogP contribution in [0.15, 0.2) is 24.3 Å². The highest BCUT2D eigenvalue weighted by Crippen LogP contribution is 2.30. The monoisotopic (exact) mass is 280 g/mol. The first-order valence-electron chi connectivity index (χ1n) is 6.77. The minimum atomic E-state index is -0.0151. The summed E-state index contributed by atoms with van der Waals surface area (Å²) in [6.45, 7) is 6.02. The van der Waals surface area contributed by atoms with Crippen molar-refractivity contribution in [3.05, 3.63) is 29.3 Å². The SMILES string of the molecule is CC(C)CN(C)C1CCN(c2ccccc2Cl)C1=O. The molecule has 1 unspecified atom stereocenters. The number of rotatable bonds is 4. The lowest BCUT2D eigenvalue weighted by Gasteiger charge is -2.25. The molecule has 1 fully saturated rings. The van der Waals surface area contributed by atoms with Crippen molar-refractivity contribution in [2.75, 3.05) is 25.0 Å². The molecule has 1 amide bonds. The summed E-state index contributed by atoms with van der Waals surface area (Å²) in [5, 5.41) is 0.642. The van der Waals surface area contributed by atoms with Gasteiger partial charge in [-0.1, -0.05) is 37.6 Å². The van der Waals surface area contributed by atoms with E-state index in [0.717, 1.165) is 25.2 Å². The van der Waals surface area contributed by atoms with Crippen LogP contribution in [0.25, 0.3) is 0 Å². The fourth-order valence-corrected chi connectivity index (χ4v) is 2.92. The third-order valence-electron chi connectivity index (χ3n) is 3.51. The molecule has 0 radical (unpaired) electrons. The maximum Gasteiger partial charge on any atom is 0.244 e. The fourth-order valence-electron chi connectivity index (χ4n) is 2.69. The molecular formula is C15H21ClN2O. The maximum absolute atomic E-state index is 12.5. The van der Waals surface area contributed by atoms with Crippen LogP contribution in [-0.4, -0.2) is 37.0 Å². The van der Waals surface area contributed by atoms with Gasteiger partial charge in [-0.05, 0) is 31.5 Å². The van der Waals surface area contributed by atoms with Gasteiger partial charge in [0.1, 0.15) is 0 Å². The van der Waals surface area contributed by atoms with Crippen molar-refractivity contribution in [1.29, 1.82) is 0 Å². The van der Waals surface area contributed by atoms with E-state index in [4.69, 9.17) is 11.6 Å². The zero-order chi connectivity index (χ0) is 14.0. The van der Waals surface area contributed by atoms with Crippen molar-refractivity contribution >= 4 is 23.2 Å². The first-order valence-corrected chi connectivity index (χ1v) is 7.14. The molecule has 4 heteroatoms. The summed E-state index contributed by atoms with van der Waals surface area (Å²) < 4.78 is 0. The number of hydrogen-bond acceptors (Lipinski definition) is 2. The van der Waals surface area contributed by atoms with Crippen LogP contribution in [0, 0.1) is 5.92 Å². The molecule has 1 saturated heterocycles. The normalized spacial score (nSPS) is 19.8. The van der Waals surface area contributed by atoms with Crippen molar-refractivity contribution < 1.29 is 4.79 Å². The van der Waals surface area contributed by atoms with Gasteiger partial charge in [0.05, 0.1) is 16.8 Å². The van der Waals surface area contributed by atoms with Gasteiger partial charge in [0.25, 0.3) is 0 Å². The Kier molecular flexibility index (Phi) is 4.48. The molecule has 1 aromatic rings. The largest absolute Gasteiger partial charge is 0.310 e. The van der Waals surface area contributed by atoms with Gasteiger partial charge in [-0.2, -0.15) is 0 Å². The summed E-state index contributed by atoms with van der Waals surface area (Å²) in [5.74, 6) is 0.725. The highest BCUT2D eigenvalue weighted by Gasteiger charge is 2.35. The Morgan fingerprint density at radius 2 is 2.11 bits per heavy atom. The Morgan fingerprint density at radius 1 is 1.42 bits per heavy atom. The van der Waals surface area contributed by atoms with Crippen LogP contribution in [0.4, 0.5) is 5.69 Å². The molecule has 0 aliphatic carbocycles. The van der Waals surface area contributed by atoms with Crippen LogP contribution in [0.3, 0.4) is 0 Å². The smallest absolute Gasteiger partial charge is 0.244 e. The highest BCUT2D eigenvalue weighted by molar-refractivity contribution is 6.33. The van der Waals surface area contributed by atoms with E-state index in [0.29, 0.717) is 10.9 Å². The average molecular weight is 281 g/mol. The molecular weight excluding hydrogens is 260 g/mol. The Hall–Kier alpha value is -1.06. The molecule has 3 nitrogen and oxygen atoms in total. The van der Waals surface area contributed by atoms with E-state index in [1.54, 1.807) is 0 Å². The van der Waals surface area contributed by atoms with E-state index in [9.17, 15) is 4.79 Å². The lowest BCUT2D eigenvalue weighted by molar-refractivity contribution is -0.121. The van der Waals surface area contributed by atoms with Crippen LogP contribution >= 0.6 is 11.6 Å². The Labute approximate surface area is 120 Å². The van der Waals surface area contributed by atoms with Crippen molar-refractivity contribution in [3.8, 4) is 0 Å². The molecule has 1 heterocycles. The quantitative estimate of drug-likeness (QED) is 0.846. The number of nitrogens with zero attached hydrogens (tertiary/aromatic N) is 2. The lowest BCUT2D eigenvalue weighted by atomic mass is 10.1. The third kappa shape index (κ3) is 3.10. The van der Waals surface area contributed by atoms with Gasteiger partial charge in [-0.25, -0.2) is 0 Å². The number of carbonyl (C=O) groups excluding carboxylic acids is 1. The Morgan fingerprint density at radius 3 is 2.74 bits per heavy atom. The first-order chi connectivity index (χ1) is 9.00. The highest BCUT2D eigenvalue weighted by atomic mass is 35.5. The van der Waals surface area contributed by atoms with Crippen molar-refractivity contribution in [2.45, 2.75) is 26.3 Å². The van der Waals surface area contributed by atoms with Crippen molar-refractivity contribution in [1.82, 2.24) is 4.90 Å². The van der Waals surface area contributed by atoms with E-state index in [1.807, 2.05) is 36.2 Å². The molecule has 0 saturated carbocycles. The number of carbonyl (C=O) groups is 1. The lowest BCUT2D eigenvalue weighted by Crippen LogP contribution is -2.41. The number of para-hydroxylation sites is 1. The van der Waals surface area contributed by atoms with Gasteiger partial charge in [-0.15, -0.1) is 0 Å². The molecule has 104 valence electrons. The zero-order valence-electron chi connectivity index (χ0n) is 11.8. The van der Waals surface area contributed by atoms with Crippen LogP contribution in [-0.2, 0) is 4.79 Å². The molecule has 2 rings (SSSR count). The van der Waals surface area contributed by atoms with Gasteiger partial charge >= 0.3 is 0 Å². The predicted octanol–water partition coefficient (Wildman–Crippen LogP) is 3.03. The van der Waals surface area contributed by atoms with Crippen LogP contribution < -0.4 is 4.90 Å². The van der Waals surface area contributed by atoms with E-state index in [1.165, 1.54) is 0 Å². The summed E-state index contributed by atoms with van der Waals surface area (Å²) in [6.07, 6.45) is 0.868. The van der Waals surface area contributed by atoms with Gasteiger partial charge < -0.3 is 4.90 Å². The van der Waals surface area contributed by atoms with Crippen LogP contribution in [0.1, 0.15) is 20.3 Å². The molecule has 0 spiro atoms. The molecule has 0 N–H and O–H groups in total. The molecule has 19 heavy (non-hydrogen) atoms. The number of halogens is 1. The Balaban J connectivity index is 2.12. The molecule has 0 aromatic heterocycles. The van der Waals surface area contributed by atoms with E-state index < -0.39 is 0 Å². The number of likely N-dealkylation sites (N-methyl/N-ethyl adjacent to an activating group) is 1. The second kappa shape index (κ2) is 5.93. The number of hydrogen-bond donors (Lipinski definition) is 0. The minimum absolute atomic E-state index is 0.0151. The molecule has 1 aliphatic heterocycles. The summed E-state index contributed by atoms with van der Waals surface area (Å²) in [7, 11) is 2.03. The average Bonchev–Trinajstić information content (AvgIpc) is 2.71. The molecule has 1 atom stereocenters. The first kappa shape index (κ1) is 14.4. The van der Waals surface area contributed by atoms with Gasteiger partial charge in [0.15, 0.2) is 0 Å². The third-order valence-corrected chi connectivity index (χ3v) is 3.83. The minimum Gasteiger partial charge on any atom is -0.310 e. The van der Waals surface area contributed by atoms with Crippen LogP contribution in [0.2, 0.25) is 5.02 Å². The van der Waals surface area contributed by atoms with Crippen LogP contribution in [0.5, 0.6) is 0 Å². The van der Waals surface area contributed by atoms with E-state index >= 15 is 0 Å². The van der Waals surface area contributed by atoms with Gasteiger partial charge in [-0.3, -0.25) is 9.69 Å². The van der Waals surface area contributed by atoms with E-state index in [-0.39, 0.29) is 11.9 Å². The second-order valence-corrected chi connectivity index (χ2v) is 5.99. The predicted molar refractivity (Wildman–Crippen MR) is 79.7 cm³/mol. The second-order valence-electron chi connectivity index (χ2n) is 5.58. The molecule has 1 aliphatic rings. The number of benzene rings is 1. The van der Waals surface area contributed by atoms with Crippen molar-refractivity contribution in [2.24, 2.45) is 5.92 Å². The Bertz CT molecular complexity index is 461. The topological polar surface area (TPSA) is 23.6 Å². The van der Waals surface area contributed by atoms with Gasteiger partial charge in [0, 0.05) is 13.1 Å². The summed E-state index contributed by atoms with van der Waals surface area (Å²) in [4.78, 5) is 16.5. The fraction of sp³-hybridized carbons (Fsp3) is 0.533. The standard InChI is InChI=1S/C15H21ClN2O/c1-11(2)10-17(3)14-8-9-18(15(14)19)13-7-5-4-6-12(13)16/h4-7,11,14H,8-10H2,1-3H3. The molecule has 0 bridgehead atoms. The summed E-state index contributed by atoms with van der Waals surface area (Å²) >= 11 is 6.17. The number of amides is 1. The summed E-state index contributed by atoms with van der Waals surface area (Å²) in [5.41, 5.74) is 0.828. The zero-order valence-corrected chi connectivity index (χ0v) is 12.5. The van der Waals surface area contributed by atoms with Crippen molar-refractivity contribution in [3.63, 3.8) is 0 Å².